The molecule has 0 spiro atoms. The van der Waals surface area contributed by atoms with Gasteiger partial charge in [-0.1, -0.05) is 6.07 Å². The summed E-state index contributed by atoms with van der Waals surface area (Å²) in [5.41, 5.74) is 1.05. The largest absolute Gasteiger partial charge is 0.497 e. The van der Waals surface area contributed by atoms with Gasteiger partial charge in [0.1, 0.15) is 11.6 Å². The van der Waals surface area contributed by atoms with Crippen molar-refractivity contribution in [3.05, 3.63) is 48.2 Å². The van der Waals surface area contributed by atoms with Gasteiger partial charge in [0, 0.05) is 18.7 Å². The molecule has 26 heavy (non-hydrogen) atoms. The van der Waals surface area contributed by atoms with Gasteiger partial charge in [-0.3, -0.25) is 4.79 Å². The second-order valence-corrected chi connectivity index (χ2v) is 8.49. The van der Waals surface area contributed by atoms with E-state index in [1.54, 1.807) is 49.7 Å². The number of nitrogens with one attached hydrogen (secondary N) is 1. The number of carbonyl (C=O) groups is 1. The molecule has 0 radical (unpaired) electrons. The maximum Gasteiger partial charge on any atom is 0.255 e. The molecule has 1 amide bonds. The number of hydrogen-bond acceptors (Lipinski definition) is 6. The number of carbonyl (C=O) groups excluding carboxylic acids is 1. The molecule has 1 N–H and O–H groups in total. The van der Waals surface area contributed by atoms with Gasteiger partial charge >= 0.3 is 0 Å². The number of amides is 1. The molecule has 8 heteroatoms. The molecule has 1 aliphatic heterocycles. The van der Waals surface area contributed by atoms with Gasteiger partial charge < -0.3 is 15.0 Å². The van der Waals surface area contributed by atoms with Crippen molar-refractivity contribution >= 4 is 27.2 Å². The van der Waals surface area contributed by atoms with E-state index < -0.39 is 9.84 Å². The van der Waals surface area contributed by atoms with E-state index in [2.05, 4.69) is 10.3 Å². The summed E-state index contributed by atoms with van der Waals surface area (Å²) in [5.74, 6) is 1.40. The molecule has 1 atom stereocenters. The molecule has 2 heterocycles. The van der Waals surface area contributed by atoms with Crippen LogP contribution in [0.5, 0.6) is 5.75 Å². The fraction of sp³-hybridized carbons (Fsp3) is 0.333. The molecule has 138 valence electrons. The minimum absolute atomic E-state index is 0.0651. The van der Waals surface area contributed by atoms with E-state index in [9.17, 15) is 13.2 Å². The number of benzene rings is 1. The molecule has 0 bridgehead atoms. The van der Waals surface area contributed by atoms with E-state index in [0.717, 1.165) is 0 Å². The van der Waals surface area contributed by atoms with E-state index >= 15 is 0 Å². The lowest BCUT2D eigenvalue weighted by molar-refractivity contribution is 0.102. The SMILES string of the molecule is COc1cccc(C(=O)Nc2ccc(N(C)C3CCS(=O)(=O)C3)nc2)c1. The maximum absolute atomic E-state index is 12.3. The van der Waals surface area contributed by atoms with E-state index in [1.165, 1.54) is 0 Å². The lowest BCUT2D eigenvalue weighted by Crippen LogP contribution is -2.33. The molecule has 1 fully saturated rings. The van der Waals surface area contributed by atoms with E-state index in [4.69, 9.17) is 4.74 Å². The average Bonchev–Trinajstić information content (AvgIpc) is 3.01. The van der Waals surface area contributed by atoms with Gasteiger partial charge in [0.05, 0.1) is 30.5 Å². The first-order valence-corrected chi connectivity index (χ1v) is 10.0. The van der Waals surface area contributed by atoms with Crippen LogP contribution >= 0.6 is 0 Å². The highest BCUT2D eigenvalue weighted by molar-refractivity contribution is 7.91. The van der Waals surface area contributed by atoms with Crippen molar-refractivity contribution in [2.24, 2.45) is 0 Å². The van der Waals surface area contributed by atoms with Gasteiger partial charge in [0.25, 0.3) is 5.91 Å². The van der Waals surface area contributed by atoms with Gasteiger partial charge in [0.15, 0.2) is 9.84 Å². The molecule has 0 aliphatic carbocycles. The van der Waals surface area contributed by atoms with Crippen LogP contribution in [0.15, 0.2) is 42.6 Å². The zero-order valence-corrected chi connectivity index (χ0v) is 15.5. The zero-order chi connectivity index (χ0) is 18.7. The Balaban J connectivity index is 1.66. The van der Waals surface area contributed by atoms with Crippen LogP contribution in [0.1, 0.15) is 16.8 Å². The van der Waals surface area contributed by atoms with Crippen LogP contribution in [0.4, 0.5) is 11.5 Å². The summed E-state index contributed by atoms with van der Waals surface area (Å²) in [6.07, 6.45) is 2.17. The molecule has 1 aromatic carbocycles. The number of anilines is 2. The van der Waals surface area contributed by atoms with Gasteiger partial charge in [-0.15, -0.1) is 0 Å². The molecule has 7 nitrogen and oxygen atoms in total. The van der Waals surface area contributed by atoms with Crippen LogP contribution in [0.3, 0.4) is 0 Å². The van der Waals surface area contributed by atoms with E-state index in [1.807, 2.05) is 11.9 Å². The van der Waals surface area contributed by atoms with Crippen LogP contribution in [-0.2, 0) is 9.84 Å². The van der Waals surface area contributed by atoms with Crippen LogP contribution < -0.4 is 15.0 Å². The van der Waals surface area contributed by atoms with Crippen molar-refractivity contribution < 1.29 is 17.9 Å². The number of ether oxygens (including phenoxy) is 1. The smallest absolute Gasteiger partial charge is 0.255 e. The fourth-order valence-electron chi connectivity index (χ4n) is 2.90. The van der Waals surface area contributed by atoms with E-state index in [0.29, 0.717) is 29.2 Å². The Morgan fingerprint density at radius 1 is 1.31 bits per heavy atom. The third kappa shape index (κ3) is 4.13. The molecule has 1 unspecified atom stereocenters. The third-order valence-corrected chi connectivity index (χ3v) is 6.21. The standard InChI is InChI=1S/C18H21N3O4S/c1-21(15-8-9-26(23,24)12-15)17-7-6-14(11-19-17)20-18(22)13-4-3-5-16(10-13)25-2/h3-7,10-11,15H,8-9,12H2,1-2H3,(H,20,22). The summed E-state index contributed by atoms with van der Waals surface area (Å²) in [5, 5.41) is 2.79. The number of nitrogens with zero attached hydrogens (tertiary/aromatic N) is 2. The number of hydrogen-bond donors (Lipinski definition) is 1. The topological polar surface area (TPSA) is 88.6 Å². The Kier molecular flexibility index (Phi) is 5.13. The number of rotatable bonds is 5. The first-order chi connectivity index (χ1) is 12.4. The Morgan fingerprint density at radius 2 is 2.12 bits per heavy atom. The van der Waals surface area contributed by atoms with Gasteiger partial charge in [-0.25, -0.2) is 13.4 Å². The van der Waals surface area contributed by atoms with Gasteiger partial charge in [-0.2, -0.15) is 0 Å². The molecule has 1 saturated heterocycles. The molecule has 1 aliphatic rings. The van der Waals surface area contributed by atoms with Crippen LogP contribution in [0, 0.1) is 0 Å². The third-order valence-electron chi connectivity index (χ3n) is 4.46. The Morgan fingerprint density at radius 3 is 2.73 bits per heavy atom. The number of methoxy groups -OCH3 is 1. The highest BCUT2D eigenvalue weighted by atomic mass is 32.2. The molecular formula is C18H21N3O4S. The summed E-state index contributed by atoms with van der Waals surface area (Å²) in [6, 6.07) is 10.3. The monoisotopic (exact) mass is 375 g/mol. The summed E-state index contributed by atoms with van der Waals surface area (Å²) >= 11 is 0. The summed E-state index contributed by atoms with van der Waals surface area (Å²) < 4.78 is 28.4. The van der Waals surface area contributed by atoms with Gasteiger partial charge in [-0.05, 0) is 36.8 Å². The van der Waals surface area contributed by atoms with E-state index in [-0.39, 0.29) is 23.5 Å². The van der Waals surface area contributed by atoms with Crippen molar-refractivity contribution in [1.29, 1.82) is 0 Å². The second-order valence-electron chi connectivity index (χ2n) is 6.26. The Hall–Kier alpha value is -2.61. The first kappa shape index (κ1) is 18.2. The predicted molar refractivity (Wildman–Crippen MR) is 101 cm³/mol. The molecule has 3 rings (SSSR count). The highest BCUT2D eigenvalue weighted by Crippen LogP contribution is 2.22. The minimum Gasteiger partial charge on any atom is -0.497 e. The minimum atomic E-state index is -2.95. The fourth-order valence-corrected chi connectivity index (χ4v) is 4.68. The summed E-state index contributed by atoms with van der Waals surface area (Å²) in [7, 11) is 0.437. The first-order valence-electron chi connectivity index (χ1n) is 8.23. The van der Waals surface area contributed by atoms with Crippen LogP contribution in [-0.4, -0.2) is 51.0 Å². The van der Waals surface area contributed by atoms with Crippen molar-refractivity contribution in [3.8, 4) is 5.75 Å². The molecular weight excluding hydrogens is 354 g/mol. The lowest BCUT2D eigenvalue weighted by Gasteiger charge is -2.24. The lowest BCUT2D eigenvalue weighted by atomic mass is 10.2. The van der Waals surface area contributed by atoms with Gasteiger partial charge in [0.2, 0.25) is 0 Å². The Bertz CT molecular complexity index is 897. The average molecular weight is 375 g/mol. The van der Waals surface area contributed by atoms with Crippen molar-refractivity contribution in [3.63, 3.8) is 0 Å². The molecule has 0 saturated carbocycles. The zero-order valence-electron chi connectivity index (χ0n) is 14.7. The molecule has 2 aromatic rings. The summed E-state index contributed by atoms with van der Waals surface area (Å²) in [4.78, 5) is 18.5. The van der Waals surface area contributed by atoms with Crippen molar-refractivity contribution in [2.75, 3.05) is 35.9 Å². The quantitative estimate of drug-likeness (QED) is 0.859. The highest BCUT2D eigenvalue weighted by Gasteiger charge is 2.31. The van der Waals surface area contributed by atoms with Crippen LogP contribution in [0.25, 0.3) is 0 Å². The second kappa shape index (κ2) is 7.33. The Labute approximate surface area is 152 Å². The van der Waals surface area contributed by atoms with Crippen molar-refractivity contribution in [2.45, 2.75) is 12.5 Å². The van der Waals surface area contributed by atoms with Crippen LogP contribution in [0.2, 0.25) is 0 Å². The summed E-state index contributed by atoms with van der Waals surface area (Å²) in [6.45, 7) is 0. The maximum atomic E-state index is 12.3. The number of sulfone groups is 1. The number of pyridine rings is 1. The van der Waals surface area contributed by atoms with Crippen molar-refractivity contribution in [1.82, 2.24) is 4.98 Å². The normalized spacial score (nSPS) is 18.3. The molecule has 1 aromatic heterocycles. The number of aromatic nitrogens is 1. The predicted octanol–water partition coefficient (Wildman–Crippen LogP) is 1.97.